The van der Waals surface area contributed by atoms with Crippen LogP contribution in [0.25, 0.3) is 0 Å². The van der Waals surface area contributed by atoms with Crippen LogP contribution in [0.15, 0.2) is 0 Å². The van der Waals surface area contributed by atoms with E-state index in [9.17, 15) is 4.79 Å². The smallest absolute Gasteiger partial charge is 0.315 e. The maximum absolute atomic E-state index is 10.9. The van der Waals surface area contributed by atoms with Gasteiger partial charge in [-0.05, 0) is 19.9 Å². The Bertz CT molecular complexity index is 131. The second-order valence-corrected chi connectivity index (χ2v) is 3.71. The van der Waals surface area contributed by atoms with Gasteiger partial charge in [0, 0.05) is 12.3 Å². The van der Waals surface area contributed by atoms with Crippen LogP contribution in [0.3, 0.4) is 0 Å². The molecule has 0 aromatic rings. The number of hydrogen-bond donors (Lipinski definition) is 1. The summed E-state index contributed by atoms with van der Waals surface area (Å²) in [6.07, 6.45) is 1.16. The van der Waals surface area contributed by atoms with E-state index in [1.807, 2.05) is 6.92 Å². The number of hydrogen-bond acceptors (Lipinski definition) is 4. The van der Waals surface area contributed by atoms with Gasteiger partial charge < -0.3 is 10.1 Å². The SMILES string of the molecule is CCCNCCSCC(=O)OCC. The lowest BCUT2D eigenvalue weighted by atomic mass is 10.5. The summed E-state index contributed by atoms with van der Waals surface area (Å²) in [6.45, 7) is 6.47. The highest BCUT2D eigenvalue weighted by atomic mass is 32.2. The van der Waals surface area contributed by atoms with Gasteiger partial charge in [-0.25, -0.2) is 0 Å². The third-order valence-electron chi connectivity index (χ3n) is 1.38. The van der Waals surface area contributed by atoms with Crippen molar-refractivity contribution in [2.24, 2.45) is 0 Å². The summed E-state index contributed by atoms with van der Waals surface area (Å²) in [5.41, 5.74) is 0. The van der Waals surface area contributed by atoms with Crippen molar-refractivity contribution in [1.82, 2.24) is 5.32 Å². The predicted molar refractivity (Wildman–Crippen MR) is 57.1 cm³/mol. The van der Waals surface area contributed by atoms with E-state index in [0.717, 1.165) is 25.3 Å². The Morgan fingerprint density at radius 1 is 1.38 bits per heavy atom. The Hall–Kier alpha value is -0.220. The quantitative estimate of drug-likeness (QED) is 0.478. The van der Waals surface area contributed by atoms with Crippen LogP contribution >= 0.6 is 11.8 Å². The number of ether oxygens (including phenoxy) is 1. The van der Waals surface area contributed by atoms with Crippen molar-refractivity contribution in [1.29, 1.82) is 0 Å². The first-order valence-electron chi connectivity index (χ1n) is 4.75. The largest absolute Gasteiger partial charge is 0.465 e. The zero-order chi connectivity index (χ0) is 9.94. The Kier molecular flexibility index (Phi) is 9.70. The van der Waals surface area contributed by atoms with Crippen molar-refractivity contribution >= 4 is 17.7 Å². The zero-order valence-corrected chi connectivity index (χ0v) is 9.28. The molecule has 0 aliphatic heterocycles. The van der Waals surface area contributed by atoms with Gasteiger partial charge in [-0.1, -0.05) is 6.92 Å². The standard InChI is InChI=1S/C9H19NO2S/c1-3-5-10-6-7-13-8-9(11)12-4-2/h10H,3-8H2,1-2H3. The van der Waals surface area contributed by atoms with Gasteiger partial charge >= 0.3 is 5.97 Å². The minimum absolute atomic E-state index is 0.108. The van der Waals surface area contributed by atoms with Crippen LogP contribution in [0.5, 0.6) is 0 Å². The second-order valence-electron chi connectivity index (χ2n) is 2.61. The van der Waals surface area contributed by atoms with Crippen molar-refractivity contribution in [3.05, 3.63) is 0 Å². The van der Waals surface area contributed by atoms with Gasteiger partial charge in [-0.2, -0.15) is 0 Å². The molecule has 0 aromatic carbocycles. The lowest BCUT2D eigenvalue weighted by molar-refractivity contribution is -0.139. The molecule has 1 N–H and O–H groups in total. The van der Waals surface area contributed by atoms with Crippen molar-refractivity contribution in [3.63, 3.8) is 0 Å². The average molecular weight is 205 g/mol. The summed E-state index contributed by atoms with van der Waals surface area (Å²) >= 11 is 1.61. The molecule has 4 heteroatoms. The van der Waals surface area contributed by atoms with Crippen LogP contribution in [0, 0.1) is 0 Å². The molecule has 0 aliphatic carbocycles. The fourth-order valence-electron chi connectivity index (χ4n) is 0.804. The first-order chi connectivity index (χ1) is 6.31. The fraction of sp³-hybridized carbons (Fsp3) is 0.889. The predicted octanol–water partition coefficient (Wildman–Crippen LogP) is 1.28. The van der Waals surface area contributed by atoms with E-state index < -0.39 is 0 Å². The molecule has 0 saturated carbocycles. The van der Waals surface area contributed by atoms with Crippen molar-refractivity contribution in [2.45, 2.75) is 20.3 Å². The normalized spacial score (nSPS) is 10.0. The van der Waals surface area contributed by atoms with Gasteiger partial charge in [-0.3, -0.25) is 4.79 Å². The van der Waals surface area contributed by atoms with Crippen LogP contribution in [0.1, 0.15) is 20.3 Å². The minimum atomic E-state index is -0.108. The van der Waals surface area contributed by atoms with Crippen molar-refractivity contribution in [2.75, 3.05) is 31.2 Å². The second kappa shape index (κ2) is 9.86. The van der Waals surface area contributed by atoms with Gasteiger partial charge in [0.1, 0.15) is 0 Å². The fourth-order valence-corrected chi connectivity index (χ4v) is 1.49. The van der Waals surface area contributed by atoms with Crippen LogP contribution in [0.2, 0.25) is 0 Å². The monoisotopic (exact) mass is 205 g/mol. The summed E-state index contributed by atoms with van der Waals surface area (Å²) in [5.74, 6) is 1.34. The molecule has 0 amide bonds. The summed E-state index contributed by atoms with van der Waals surface area (Å²) in [6, 6.07) is 0. The van der Waals surface area contributed by atoms with Crippen LogP contribution < -0.4 is 5.32 Å². The molecule has 0 heterocycles. The number of carbonyl (C=O) groups is 1. The maximum Gasteiger partial charge on any atom is 0.315 e. The lowest BCUT2D eigenvalue weighted by Gasteiger charge is -2.02. The Morgan fingerprint density at radius 2 is 2.15 bits per heavy atom. The number of nitrogens with one attached hydrogen (secondary N) is 1. The number of carbonyl (C=O) groups excluding carboxylic acids is 1. The molecular weight excluding hydrogens is 186 g/mol. The van der Waals surface area contributed by atoms with Gasteiger partial charge in [-0.15, -0.1) is 11.8 Å². The average Bonchev–Trinajstić information content (AvgIpc) is 2.11. The molecule has 13 heavy (non-hydrogen) atoms. The van der Waals surface area contributed by atoms with E-state index in [4.69, 9.17) is 4.74 Å². The molecule has 0 unspecified atom stereocenters. The van der Waals surface area contributed by atoms with E-state index in [0.29, 0.717) is 12.4 Å². The van der Waals surface area contributed by atoms with E-state index in [-0.39, 0.29) is 5.97 Å². The molecule has 0 bridgehead atoms. The minimum Gasteiger partial charge on any atom is -0.465 e. The molecule has 78 valence electrons. The van der Waals surface area contributed by atoms with E-state index in [1.54, 1.807) is 11.8 Å². The van der Waals surface area contributed by atoms with E-state index in [2.05, 4.69) is 12.2 Å². The lowest BCUT2D eigenvalue weighted by Crippen LogP contribution is -2.18. The molecule has 0 atom stereocenters. The van der Waals surface area contributed by atoms with Gasteiger partial charge in [0.25, 0.3) is 0 Å². The summed E-state index contributed by atoms with van der Waals surface area (Å²) in [5, 5.41) is 3.27. The molecule has 0 radical (unpaired) electrons. The van der Waals surface area contributed by atoms with Gasteiger partial charge in [0.2, 0.25) is 0 Å². The number of esters is 1. The van der Waals surface area contributed by atoms with Crippen LogP contribution in [0.4, 0.5) is 0 Å². The maximum atomic E-state index is 10.9. The highest BCUT2D eigenvalue weighted by molar-refractivity contribution is 7.99. The molecule has 0 aromatic heterocycles. The Morgan fingerprint density at radius 3 is 2.77 bits per heavy atom. The van der Waals surface area contributed by atoms with Gasteiger partial charge in [0.15, 0.2) is 0 Å². The number of thioether (sulfide) groups is 1. The zero-order valence-electron chi connectivity index (χ0n) is 8.47. The molecule has 0 spiro atoms. The van der Waals surface area contributed by atoms with Crippen molar-refractivity contribution < 1.29 is 9.53 Å². The van der Waals surface area contributed by atoms with Crippen LogP contribution in [-0.2, 0) is 9.53 Å². The van der Waals surface area contributed by atoms with E-state index >= 15 is 0 Å². The Balaban J connectivity index is 3.02. The third kappa shape index (κ3) is 9.70. The van der Waals surface area contributed by atoms with E-state index in [1.165, 1.54) is 0 Å². The first-order valence-corrected chi connectivity index (χ1v) is 5.90. The molecule has 3 nitrogen and oxygen atoms in total. The van der Waals surface area contributed by atoms with Gasteiger partial charge in [0.05, 0.1) is 12.4 Å². The highest BCUT2D eigenvalue weighted by Gasteiger charge is 1.99. The summed E-state index contributed by atoms with van der Waals surface area (Å²) < 4.78 is 4.79. The topological polar surface area (TPSA) is 38.3 Å². The molecule has 0 saturated heterocycles. The molecule has 0 fully saturated rings. The Labute approximate surface area is 84.6 Å². The number of rotatable bonds is 8. The third-order valence-corrected chi connectivity index (χ3v) is 2.31. The molecule has 0 rings (SSSR count). The summed E-state index contributed by atoms with van der Waals surface area (Å²) in [7, 11) is 0. The first kappa shape index (κ1) is 12.8. The summed E-state index contributed by atoms with van der Waals surface area (Å²) in [4.78, 5) is 10.9. The highest BCUT2D eigenvalue weighted by Crippen LogP contribution is 1.98. The molecule has 0 aliphatic rings. The van der Waals surface area contributed by atoms with Crippen LogP contribution in [-0.4, -0.2) is 37.2 Å². The molecular formula is C9H19NO2S. The van der Waals surface area contributed by atoms with Crippen molar-refractivity contribution in [3.8, 4) is 0 Å².